The number of morpholine rings is 1. The zero-order valence-electron chi connectivity index (χ0n) is 17.6. The second kappa shape index (κ2) is 10.0. The SMILES string of the molecule is CN(C(=O)CSc1nc(CN2CCOCC2)nc2ccccc12)c1ccc([N+](=O)[O-])cc1. The molecule has 0 spiro atoms. The number of carbonyl (C=O) groups excluding carboxylic acids is 1. The van der Waals surface area contributed by atoms with Gasteiger partial charge in [0.15, 0.2) is 0 Å². The number of carbonyl (C=O) groups is 1. The maximum atomic E-state index is 12.8. The molecule has 1 aliphatic rings. The number of benzene rings is 2. The summed E-state index contributed by atoms with van der Waals surface area (Å²) < 4.78 is 5.41. The Balaban J connectivity index is 1.48. The van der Waals surface area contributed by atoms with Crippen LogP contribution in [0.15, 0.2) is 53.6 Å². The fraction of sp³-hybridized carbons (Fsp3) is 0.318. The highest BCUT2D eigenvalue weighted by atomic mass is 32.2. The van der Waals surface area contributed by atoms with Crippen LogP contribution >= 0.6 is 11.8 Å². The van der Waals surface area contributed by atoms with Crippen molar-refractivity contribution in [2.75, 3.05) is 44.0 Å². The number of thioether (sulfide) groups is 1. The van der Waals surface area contributed by atoms with Gasteiger partial charge < -0.3 is 9.64 Å². The van der Waals surface area contributed by atoms with Crippen molar-refractivity contribution in [2.24, 2.45) is 0 Å². The molecule has 4 rings (SSSR count). The first-order valence-corrected chi connectivity index (χ1v) is 11.2. The molecule has 0 bridgehead atoms. The molecule has 1 aromatic heterocycles. The number of nitro benzene ring substituents is 1. The van der Waals surface area contributed by atoms with Gasteiger partial charge in [-0.05, 0) is 18.2 Å². The molecule has 2 heterocycles. The van der Waals surface area contributed by atoms with Gasteiger partial charge in [-0.3, -0.25) is 19.8 Å². The van der Waals surface area contributed by atoms with E-state index in [1.807, 2.05) is 24.3 Å². The normalized spacial score (nSPS) is 14.4. The van der Waals surface area contributed by atoms with Crippen molar-refractivity contribution in [3.8, 4) is 0 Å². The van der Waals surface area contributed by atoms with Crippen molar-refractivity contribution in [1.82, 2.24) is 14.9 Å². The van der Waals surface area contributed by atoms with Crippen LogP contribution in [0.1, 0.15) is 5.82 Å². The largest absolute Gasteiger partial charge is 0.379 e. The Morgan fingerprint density at radius 2 is 1.88 bits per heavy atom. The summed E-state index contributed by atoms with van der Waals surface area (Å²) in [5.74, 6) is 0.788. The molecule has 10 heteroatoms. The number of nitrogens with zero attached hydrogens (tertiary/aromatic N) is 5. The molecule has 3 aromatic rings. The first-order chi connectivity index (χ1) is 15.5. The zero-order valence-corrected chi connectivity index (χ0v) is 18.5. The molecular weight excluding hydrogens is 430 g/mol. The molecule has 1 amide bonds. The van der Waals surface area contributed by atoms with Crippen LogP contribution in [0.25, 0.3) is 10.9 Å². The van der Waals surface area contributed by atoms with E-state index in [0.717, 1.165) is 34.8 Å². The first kappa shape index (κ1) is 22.1. The highest BCUT2D eigenvalue weighted by Gasteiger charge is 2.17. The number of non-ortho nitro benzene ring substituents is 1. The van der Waals surface area contributed by atoms with Crippen LogP contribution in [0.5, 0.6) is 0 Å². The van der Waals surface area contributed by atoms with Gasteiger partial charge in [-0.25, -0.2) is 9.97 Å². The summed E-state index contributed by atoms with van der Waals surface area (Å²) in [4.78, 5) is 36.4. The number of anilines is 1. The number of para-hydroxylation sites is 1. The molecule has 9 nitrogen and oxygen atoms in total. The van der Waals surface area contributed by atoms with E-state index in [1.165, 1.54) is 28.8 Å². The third kappa shape index (κ3) is 5.21. The van der Waals surface area contributed by atoms with Crippen LogP contribution in [0.4, 0.5) is 11.4 Å². The lowest BCUT2D eigenvalue weighted by atomic mass is 10.2. The van der Waals surface area contributed by atoms with Crippen molar-refractivity contribution < 1.29 is 14.5 Å². The minimum Gasteiger partial charge on any atom is -0.379 e. The smallest absolute Gasteiger partial charge is 0.269 e. The van der Waals surface area contributed by atoms with Gasteiger partial charge in [-0.15, -0.1) is 0 Å². The molecule has 0 saturated carbocycles. The molecule has 1 fully saturated rings. The lowest BCUT2D eigenvalue weighted by molar-refractivity contribution is -0.384. The first-order valence-electron chi connectivity index (χ1n) is 10.2. The Kier molecular flexibility index (Phi) is 6.93. The molecule has 32 heavy (non-hydrogen) atoms. The maximum Gasteiger partial charge on any atom is 0.269 e. The van der Waals surface area contributed by atoms with E-state index < -0.39 is 4.92 Å². The third-order valence-corrected chi connectivity index (χ3v) is 6.21. The van der Waals surface area contributed by atoms with Crippen LogP contribution in [0, 0.1) is 10.1 Å². The number of ether oxygens (including phenoxy) is 1. The summed E-state index contributed by atoms with van der Waals surface area (Å²) in [6.07, 6.45) is 0. The standard InChI is InChI=1S/C22H23N5O4S/c1-25(16-6-8-17(9-7-16)27(29)30)21(28)15-32-22-18-4-2-3-5-19(18)23-20(24-22)14-26-10-12-31-13-11-26/h2-9H,10-15H2,1H3. The van der Waals surface area contributed by atoms with Gasteiger partial charge in [0.05, 0.1) is 36.0 Å². The van der Waals surface area contributed by atoms with E-state index in [4.69, 9.17) is 14.7 Å². The summed E-state index contributed by atoms with van der Waals surface area (Å²) in [6, 6.07) is 13.7. The van der Waals surface area contributed by atoms with Gasteiger partial charge in [0, 0.05) is 43.3 Å². The number of hydrogen-bond acceptors (Lipinski definition) is 8. The van der Waals surface area contributed by atoms with E-state index in [0.29, 0.717) is 25.4 Å². The molecule has 0 radical (unpaired) electrons. The van der Waals surface area contributed by atoms with Crippen LogP contribution in [-0.2, 0) is 16.1 Å². The van der Waals surface area contributed by atoms with Crippen molar-refractivity contribution in [2.45, 2.75) is 11.6 Å². The second-order valence-corrected chi connectivity index (χ2v) is 8.33. The van der Waals surface area contributed by atoms with Crippen LogP contribution < -0.4 is 4.90 Å². The zero-order chi connectivity index (χ0) is 22.5. The lowest BCUT2D eigenvalue weighted by Crippen LogP contribution is -2.36. The summed E-state index contributed by atoms with van der Waals surface area (Å²) in [5, 5.41) is 12.5. The number of nitro groups is 1. The second-order valence-electron chi connectivity index (χ2n) is 7.37. The summed E-state index contributed by atoms with van der Waals surface area (Å²) in [5.41, 5.74) is 1.44. The van der Waals surface area contributed by atoms with Crippen molar-refractivity contribution >= 4 is 39.9 Å². The van der Waals surface area contributed by atoms with Crippen LogP contribution in [0.2, 0.25) is 0 Å². The van der Waals surface area contributed by atoms with Gasteiger partial charge in [0.1, 0.15) is 10.9 Å². The summed E-state index contributed by atoms with van der Waals surface area (Å²) >= 11 is 1.37. The average molecular weight is 454 g/mol. The lowest BCUT2D eigenvalue weighted by Gasteiger charge is -2.26. The van der Waals surface area contributed by atoms with E-state index in [2.05, 4.69) is 4.90 Å². The van der Waals surface area contributed by atoms with Gasteiger partial charge in [-0.2, -0.15) is 0 Å². The molecule has 166 valence electrons. The van der Waals surface area contributed by atoms with Gasteiger partial charge in [0.25, 0.3) is 5.69 Å². The van der Waals surface area contributed by atoms with Gasteiger partial charge >= 0.3 is 0 Å². The number of fused-ring (bicyclic) bond motifs is 1. The van der Waals surface area contributed by atoms with E-state index in [1.54, 1.807) is 19.2 Å². The van der Waals surface area contributed by atoms with Crippen LogP contribution in [0.3, 0.4) is 0 Å². The number of hydrogen-bond donors (Lipinski definition) is 0. The Bertz CT molecular complexity index is 1120. The average Bonchev–Trinajstić information content (AvgIpc) is 2.82. The monoisotopic (exact) mass is 453 g/mol. The molecule has 0 atom stereocenters. The van der Waals surface area contributed by atoms with E-state index >= 15 is 0 Å². The predicted octanol–water partition coefficient (Wildman–Crippen LogP) is 3.13. The predicted molar refractivity (Wildman–Crippen MR) is 123 cm³/mol. The number of amides is 1. The Labute approximate surface area is 189 Å². The molecule has 0 N–H and O–H groups in total. The molecule has 1 aliphatic heterocycles. The van der Waals surface area contributed by atoms with Crippen molar-refractivity contribution in [1.29, 1.82) is 0 Å². The summed E-state index contributed by atoms with van der Waals surface area (Å²) in [6.45, 7) is 3.74. The fourth-order valence-corrected chi connectivity index (χ4v) is 4.35. The van der Waals surface area contributed by atoms with E-state index in [9.17, 15) is 14.9 Å². The van der Waals surface area contributed by atoms with Crippen molar-refractivity contribution in [3.05, 3.63) is 64.5 Å². The molecule has 0 aliphatic carbocycles. The maximum absolute atomic E-state index is 12.8. The van der Waals surface area contributed by atoms with E-state index in [-0.39, 0.29) is 17.3 Å². The van der Waals surface area contributed by atoms with Crippen LogP contribution in [-0.4, -0.2) is 64.8 Å². The number of aromatic nitrogens is 2. The highest BCUT2D eigenvalue weighted by Crippen LogP contribution is 2.27. The Morgan fingerprint density at radius 3 is 2.59 bits per heavy atom. The minimum atomic E-state index is -0.462. The fourth-order valence-electron chi connectivity index (χ4n) is 3.40. The Hall–Kier alpha value is -3.08. The molecule has 2 aromatic carbocycles. The molecular formula is C22H23N5O4S. The van der Waals surface area contributed by atoms with Gasteiger partial charge in [-0.1, -0.05) is 30.0 Å². The quantitative estimate of drug-likeness (QED) is 0.233. The Morgan fingerprint density at radius 1 is 1.16 bits per heavy atom. The van der Waals surface area contributed by atoms with Crippen molar-refractivity contribution in [3.63, 3.8) is 0 Å². The highest BCUT2D eigenvalue weighted by molar-refractivity contribution is 8.00. The topological polar surface area (TPSA) is 102 Å². The number of rotatable bonds is 7. The third-order valence-electron chi connectivity index (χ3n) is 5.24. The molecule has 0 unspecified atom stereocenters. The molecule has 1 saturated heterocycles. The van der Waals surface area contributed by atoms with Gasteiger partial charge in [0.2, 0.25) is 5.91 Å². The minimum absolute atomic E-state index is 0.00998. The summed E-state index contributed by atoms with van der Waals surface area (Å²) in [7, 11) is 1.66.